The third-order valence-electron chi connectivity index (χ3n) is 5.62. The fraction of sp³-hybridized carbons (Fsp3) is 0.120. The van der Waals surface area contributed by atoms with E-state index in [1.165, 1.54) is 0 Å². The van der Waals surface area contributed by atoms with Crippen molar-refractivity contribution in [2.75, 3.05) is 24.4 Å². The molecule has 160 valence electrons. The summed E-state index contributed by atoms with van der Waals surface area (Å²) in [6, 6.07) is 22.7. The van der Waals surface area contributed by atoms with Crippen LogP contribution in [0.4, 0.5) is 11.4 Å². The van der Waals surface area contributed by atoms with Gasteiger partial charge in [0, 0.05) is 22.5 Å². The molecule has 1 aromatic heterocycles. The highest BCUT2D eigenvalue weighted by Crippen LogP contribution is 2.39. The van der Waals surface area contributed by atoms with Crippen LogP contribution >= 0.6 is 0 Å². The van der Waals surface area contributed by atoms with Crippen molar-refractivity contribution in [2.45, 2.75) is 6.17 Å². The maximum atomic E-state index is 13.6. The topological polar surface area (TPSA) is 79.5 Å². The van der Waals surface area contributed by atoms with Gasteiger partial charge in [-0.05, 0) is 60.7 Å². The molecule has 1 amide bonds. The lowest BCUT2D eigenvalue weighted by Gasteiger charge is -2.38. The highest BCUT2D eigenvalue weighted by Gasteiger charge is 2.36. The van der Waals surface area contributed by atoms with Crippen molar-refractivity contribution in [3.05, 3.63) is 90.1 Å². The van der Waals surface area contributed by atoms with Gasteiger partial charge in [-0.15, -0.1) is 0 Å². The second-order valence-corrected chi connectivity index (χ2v) is 7.39. The Hall–Kier alpha value is -4.26. The SMILES string of the molecule is COc1ccc(-c2[nH]ncc2[C@H]2Nc3ccccc3C(=O)N2c2ccc(OC)cc2)cc1. The molecule has 0 saturated heterocycles. The van der Waals surface area contributed by atoms with Gasteiger partial charge in [-0.25, -0.2) is 0 Å². The van der Waals surface area contributed by atoms with E-state index < -0.39 is 6.17 Å². The molecular formula is C25H22N4O3. The fourth-order valence-corrected chi connectivity index (χ4v) is 3.97. The number of hydrogen-bond donors (Lipinski definition) is 2. The van der Waals surface area contributed by atoms with Crippen LogP contribution < -0.4 is 19.7 Å². The van der Waals surface area contributed by atoms with Gasteiger partial charge < -0.3 is 14.8 Å². The van der Waals surface area contributed by atoms with Crippen molar-refractivity contribution < 1.29 is 14.3 Å². The maximum Gasteiger partial charge on any atom is 0.262 e. The molecule has 7 nitrogen and oxygen atoms in total. The van der Waals surface area contributed by atoms with Gasteiger partial charge in [-0.2, -0.15) is 5.10 Å². The summed E-state index contributed by atoms with van der Waals surface area (Å²) in [5.41, 5.74) is 4.79. The summed E-state index contributed by atoms with van der Waals surface area (Å²) in [5.74, 6) is 1.41. The lowest BCUT2D eigenvalue weighted by Crippen LogP contribution is -2.43. The van der Waals surface area contributed by atoms with Crippen LogP contribution in [0, 0.1) is 0 Å². The van der Waals surface area contributed by atoms with Crippen LogP contribution in [0.25, 0.3) is 11.3 Å². The second kappa shape index (κ2) is 8.11. The van der Waals surface area contributed by atoms with Gasteiger partial charge in [0.2, 0.25) is 0 Å². The van der Waals surface area contributed by atoms with Gasteiger partial charge in [0.15, 0.2) is 0 Å². The number of amides is 1. The highest BCUT2D eigenvalue weighted by molar-refractivity contribution is 6.12. The lowest BCUT2D eigenvalue weighted by molar-refractivity contribution is 0.0975. The number of aromatic nitrogens is 2. The third kappa shape index (κ3) is 3.33. The van der Waals surface area contributed by atoms with Crippen LogP contribution in [-0.2, 0) is 0 Å². The summed E-state index contributed by atoms with van der Waals surface area (Å²) in [6.07, 6.45) is 1.30. The monoisotopic (exact) mass is 426 g/mol. The van der Waals surface area contributed by atoms with Crippen molar-refractivity contribution >= 4 is 17.3 Å². The minimum Gasteiger partial charge on any atom is -0.497 e. The van der Waals surface area contributed by atoms with Crippen molar-refractivity contribution in [1.82, 2.24) is 10.2 Å². The number of hydrogen-bond acceptors (Lipinski definition) is 5. The number of fused-ring (bicyclic) bond motifs is 1. The fourth-order valence-electron chi connectivity index (χ4n) is 3.97. The van der Waals surface area contributed by atoms with Gasteiger partial charge in [-0.1, -0.05) is 12.1 Å². The number of ether oxygens (including phenoxy) is 2. The molecular weight excluding hydrogens is 404 g/mol. The summed E-state index contributed by atoms with van der Waals surface area (Å²) < 4.78 is 10.6. The zero-order valence-electron chi connectivity index (χ0n) is 17.7. The number of methoxy groups -OCH3 is 2. The number of nitrogens with one attached hydrogen (secondary N) is 2. The predicted molar refractivity (Wildman–Crippen MR) is 123 cm³/mol. The Morgan fingerprint density at radius 1 is 0.875 bits per heavy atom. The molecule has 0 aliphatic carbocycles. The van der Waals surface area contributed by atoms with E-state index in [1.807, 2.05) is 72.8 Å². The van der Waals surface area contributed by atoms with Crippen LogP contribution in [0.15, 0.2) is 79.0 Å². The van der Waals surface area contributed by atoms with E-state index in [-0.39, 0.29) is 5.91 Å². The zero-order chi connectivity index (χ0) is 22.1. The zero-order valence-corrected chi connectivity index (χ0v) is 17.7. The average Bonchev–Trinajstić information content (AvgIpc) is 3.34. The quantitative estimate of drug-likeness (QED) is 0.476. The number of aromatic amines is 1. The van der Waals surface area contributed by atoms with Gasteiger partial charge in [0.25, 0.3) is 5.91 Å². The van der Waals surface area contributed by atoms with Gasteiger partial charge >= 0.3 is 0 Å². The molecule has 5 rings (SSSR count). The van der Waals surface area contributed by atoms with E-state index in [0.717, 1.165) is 39.7 Å². The second-order valence-electron chi connectivity index (χ2n) is 7.39. The standard InChI is InChI=1S/C25H22N4O3/c1-31-18-11-7-16(8-12-18)23-21(15-26-28-23)24-27-22-6-4-3-5-20(22)25(30)29(24)17-9-13-19(32-2)14-10-17/h3-15,24,27H,1-2H3,(H,26,28)/t24-/m0/s1. The van der Waals surface area contributed by atoms with E-state index in [9.17, 15) is 4.79 Å². The van der Waals surface area contributed by atoms with Crippen LogP contribution in [0.5, 0.6) is 11.5 Å². The summed E-state index contributed by atoms with van der Waals surface area (Å²) in [6.45, 7) is 0. The molecule has 1 aliphatic rings. The first-order valence-electron chi connectivity index (χ1n) is 10.2. The minimum absolute atomic E-state index is 0.0867. The first-order chi connectivity index (χ1) is 15.7. The highest BCUT2D eigenvalue weighted by atomic mass is 16.5. The Morgan fingerprint density at radius 3 is 2.22 bits per heavy atom. The number of benzene rings is 3. The van der Waals surface area contributed by atoms with Crippen LogP contribution in [0.2, 0.25) is 0 Å². The number of H-pyrrole nitrogens is 1. The molecule has 0 fully saturated rings. The van der Waals surface area contributed by atoms with Crippen LogP contribution in [0.1, 0.15) is 22.1 Å². The molecule has 0 unspecified atom stereocenters. The van der Waals surface area contributed by atoms with Crippen molar-refractivity contribution in [1.29, 1.82) is 0 Å². The van der Waals surface area contributed by atoms with Crippen LogP contribution in [-0.4, -0.2) is 30.3 Å². The van der Waals surface area contributed by atoms with Gasteiger partial charge in [0.05, 0.1) is 31.7 Å². The van der Waals surface area contributed by atoms with E-state index in [4.69, 9.17) is 9.47 Å². The van der Waals surface area contributed by atoms with Crippen molar-refractivity contribution in [3.8, 4) is 22.8 Å². The van der Waals surface area contributed by atoms with Crippen LogP contribution in [0.3, 0.4) is 0 Å². The number of rotatable bonds is 5. The maximum absolute atomic E-state index is 13.6. The molecule has 2 heterocycles. The van der Waals surface area contributed by atoms with Gasteiger partial charge in [0.1, 0.15) is 17.7 Å². The van der Waals surface area contributed by atoms with Gasteiger partial charge in [-0.3, -0.25) is 14.8 Å². The van der Waals surface area contributed by atoms with E-state index in [2.05, 4.69) is 15.5 Å². The molecule has 0 radical (unpaired) electrons. The Morgan fingerprint density at radius 2 is 1.53 bits per heavy atom. The summed E-state index contributed by atoms with van der Waals surface area (Å²) in [5, 5.41) is 10.9. The summed E-state index contributed by atoms with van der Waals surface area (Å²) >= 11 is 0. The van der Waals surface area contributed by atoms with E-state index in [0.29, 0.717) is 5.56 Å². The summed E-state index contributed by atoms with van der Waals surface area (Å²) in [7, 11) is 3.26. The molecule has 32 heavy (non-hydrogen) atoms. The number of para-hydroxylation sites is 1. The number of nitrogens with zero attached hydrogens (tertiary/aromatic N) is 2. The molecule has 3 aromatic carbocycles. The van der Waals surface area contributed by atoms with Crippen molar-refractivity contribution in [3.63, 3.8) is 0 Å². The summed E-state index contributed by atoms with van der Waals surface area (Å²) in [4.78, 5) is 15.4. The number of carbonyl (C=O) groups excluding carboxylic acids is 1. The number of carbonyl (C=O) groups is 1. The molecule has 1 aliphatic heterocycles. The normalized spacial score (nSPS) is 15.1. The van der Waals surface area contributed by atoms with E-state index >= 15 is 0 Å². The molecule has 0 saturated carbocycles. The molecule has 7 heteroatoms. The predicted octanol–water partition coefficient (Wildman–Crippen LogP) is 4.87. The lowest BCUT2D eigenvalue weighted by atomic mass is 10.0. The van der Waals surface area contributed by atoms with E-state index in [1.54, 1.807) is 25.3 Å². The van der Waals surface area contributed by atoms with Crippen molar-refractivity contribution in [2.24, 2.45) is 0 Å². The average molecular weight is 426 g/mol. The third-order valence-corrected chi connectivity index (χ3v) is 5.62. The smallest absolute Gasteiger partial charge is 0.262 e. The first-order valence-corrected chi connectivity index (χ1v) is 10.2. The Kier molecular flexibility index (Phi) is 4.99. The molecule has 1 atom stereocenters. The Bertz CT molecular complexity index is 1250. The minimum atomic E-state index is -0.457. The Balaban J connectivity index is 1.62. The molecule has 4 aromatic rings. The first kappa shape index (κ1) is 19.7. The Labute approximate surface area is 185 Å². The number of anilines is 2. The molecule has 2 N–H and O–H groups in total. The molecule has 0 spiro atoms. The molecule has 0 bridgehead atoms. The largest absolute Gasteiger partial charge is 0.497 e.